The average Bonchev–Trinajstić information content (AvgIpc) is 2.91. The molecule has 114 valence electrons. The summed E-state index contributed by atoms with van der Waals surface area (Å²) in [4.78, 5) is 3.08. The zero-order valence-electron chi connectivity index (χ0n) is 11.7. The first-order chi connectivity index (χ1) is 10.0. The first-order valence-corrected chi connectivity index (χ1v) is 8.16. The van der Waals surface area contributed by atoms with E-state index in [1.807, 2.05) is 0 Å². The maximum atomic E-state index is 12.8. The molecule has 0 radical (unpaired) electrons. The van der Waals surface area contributed by atoms with E-state index in [1.54, 1.807) is 6.07 Å². The molecule has 0 unspecified atom stereocenters. The largest absolute Gasteiger partial charge is 0.363 e. The van der Waals surface area contributed by atoms with Crippen LogP contribution in [0.15, 0.2) is 41.4 Å². The Labute approximate surface area is 123 Å². The van der Waals surface area contributed by atoms with Crippen LogP contribution < -0.4 is 10.0 Å². The van der Waals surface area contributed by atoms with Gasteiger partial charge in [0.2, 0.25) is 0 Å². The van der Waals surface area contributed by atoms with Gasteiger partial charge in [0.1, 0.15) is 10.7 Å². The van der Waals surface area contributed by atoms with Gasteiger partial charge in [0.25, 0.3) is 10.0 Å². The number of hydrogen-bond acceptors (Lipinski definition) is 3. The van der Waals surface area contributed by atoms with E-state index < -0.39 is 15.8 Å². The summed E-state index contributed by atoms with van der Waals surface area (Å²) in [6.45, 7) is 3.51. The van der Waals surface area contributed by atoms with Crippen molar-refractivity contribution in [3.8, 4) is 0 Å². The summed E-state index contributed by atoms with van der Waals surface area (Å²) in [5.41, 5.74) is 1.12. The fourth-order valence-electron chi connectivity index (χ4n) is 1.81. The van der Waals surface area contributed by atoms with Gasteiger partial charge in [-0.25, -0.2) is 12.8 Å². The maximum Gasteiger partial charge on any atom is 0.263 e. The van der Waals surface area contributed by atoms with E-state index in [9.17, 15) is 12.8 Å². The third-order valence-electron chi connectivity index (χ3n) is 2.87. The number of nitrogens with one attached hydrogen (secondary N) is 3. The minimum atomic E-state index is -3.67. The van der Waals surface area contributed by atoms with Crippen LogP contribution in [0.2, 0.25) is 0 Å². The normalized spacial score (nSPS) is 11.5. The van der Waals surface area contributed by atoms with Gasteiger partial charge >= 0.3 is 0 Å². The van der Waals surface area contributed by atoms with Crippen LogP contribution in [0, 0.1) is 5.82 Å². The molecule has 1 aromatic heterocycles. The number of hydrogen-bond donors (Lipinski definition) is 3. The summed E-state index contributed by atoms with van der Waals surface area (Å²) >= 11 is 0. The number of anilines is 1. The van der Waals surface area contributed by atoms with Gasteiger partial charge < -0.3 is 10.3 Å². The summed E-state index contributed by atoms with van der Waals surface area (Å²) in [6.07, 6.45) is 2.45. The van der Waals surface area contributed by atoms with Crippen molar-refractivity contribution in [1.82, 2.24) is 10.3 Å². The van der Waals surface area contributed by atoms with Crippen molar-refractivity contribution in [2.45, 2.75) is 24.8 Å². The Balaban J connectivity index is 2.07. The quantitative estimate of drug-likeness (QED) is 0.688. The highest BCUT2D eigenvalue weighted by Gasteiger charge is 2.16. The van der Waals surface area contributed by atoms with Gasteiger partial charge in [-0.15, -0.1) is 0 Å². The molecule has 1 heterocycles. The molecule has 0 aliphatic heterocycles. The first-order valence-electron chi connectivity index (χ1n) is 6.67. The van der Waals surface area contributed by atoms with E-state index in [0.29, 0.717) is 12.2 Å². The van der Waals surface area contributed by atoms with Gasteiger partial charge in [-0.05, 0) is 43.3 Å². The minimum Gasteiger partial charge on any atom is -0.363 e. The van der Waals surface area contributed by atoms with Gasteiger partial charge in [-0.3, -0.25) is 4.72 Å². The summed E-state index contributed by atoms with van der Waals surface area (Å²) < 4.78 is 39.6. The number of sulfonamides is 1. The van der Waals surface area contributed by atoms with Gasteiger partial charge in [-0.1, -0.05) is 6.92 Å². The highest BCUT2D eigenvalue weighted by atomic mass is 32.2. The summed E-state index contributed by atoms with van der Waals surface area (Å²) in [6, 6.07) is 6.74. The smallest absolute Gasteiger partial charge is 0.263 e. The average molecular weight is 311 g/mol. The van der Waals surface area contributed by atoms with Crippen molar-refractivity contribution in [2.24, 2.45) is 0 Å². The summed E-state index contributed by atoms with van der Waals surface area (Å²) in [7, 11) is -3.67. The Morgan fingerprint density at radius 3 is 2.62 bits per heavy atom. The van der Waals surface area contributed by atoms with Crippen LogP contribution in [-0.4, -0.2) is 19.9 Å². The molecule has 0 saturated heterocycles. The second-order valence-corrected chi connectivity index (χ2v) is 6.33. The highest BCUT2D eigenvalue weighted by molar-refractivity contribution is 7.92. The Hall–Kier alpha value is -1.86. The standard InChI is InChI=1S/C14H18FN3O2S/c1-2-7-16-9-13-8-14(10-17-13)21(19,20)18-12-5-3-11(15)4-6-12/h3-6,8,10,16-18H,2,7,9H2,1H3. The van der Waals surface area contributed by atoms with Gasteiger partial charge in [0.15, 0.2) is 0 Å². The molecule has 0 spiro atoms. The molecule has 0 amide bonds. The molecular formula is C14H18FN3O2S. The molecule has 21 heavy (non-hydrogen) atoms. The van der Waals surface area contributed by atoms with Crippen molar-refractivity contribution in [2.75, 3.05) is 11.3 Å². The number of rotatable bonds is 7. The number of halogens is 1. The molecular weight excluding hydrogens is 293 g/mol. The topological polar surface area (TPSA) is 74.0 Å². The van der Waals surface area contributed by atoms with E-state index in [-0.39, 0.29) is 4.90 Å². The molecule has 7 heteroatoms. The zero-order chi connectivity index (χ0) is 15.3. The Kier molecular flexibility index (Phi) is 4.98. The molecule has 2 rings (SSSR count). The fourth-order valence-corrected chi connectivity index (χ4v) is 2.88. The van der Waals surface area contributed by atoms with E-state index in [2.05, 4.69) is 21.9 Å². The molecule has 0 aliphatic rings. The van der Waals surface area contributed by atoms with Crippen LogP contribution >= 0.6 is 0 Å². The SMILES string of the molecule is CCCNCc1cc(S(=O)(=O)Nc2ccc(F)cc2)c[nH]1. The lowest BCUT2D eigenvalue weighted by Gasteiger charge is -2.05. The second kappa shape index (κ2) is 6.73. The summed E-state index contributed by atoms with van der Waals surface area (Å²) in [5.74, 6) is -0.413. The molecule has 0 fully saturated rings. The van der Waals surface area contributed by atoms with Crippen LogP contribution in [-0.2, 0) is 16.6 Å². The molecule has 2 aromatic rings. The van der Waals surface area contributed by atoms with Crippen molar-refractivity contribution in [1.29, 1.82) is 0 Å². The molecule has 5 nitrogen and oxygen atoms in total. The van der Waals surface area contributed by atoms with Gasteiger partial charge in [-0.2, -0.15) is 0 Å². The van der Waals surface area contributed by atoms with Crippen LogP contribution in [0.5, 0.6) is 0 Å². The first kappa shape index (κ1) is 15.5. The third-order valence-corrected chi connectivity index (χ3v) is 4.23. The molecule has 0 saturated carbocycles. The van der Waals surface area contributed by atoms with E-state index in [0.717, 1.165) is 18.7 Å². The van der Waals surface area contributed by atoms with Crippen molar-refractivity contribution in [3.63, 3.8) is 0 Å². The molecule has 3 N–H and O–H groups in total. The van der Waals surface area contributed by atoms with Crippen molar-refractivity contribution >= 4 is 15.7 Å². The van der Waals surface area contributed by atoms with Crippen molar-refractivity contribution < 1.29 is 12.8 Å². The number of aromatic amines is 1. The van der Waals surface area contributed by atoms with E-state index >= 15 is 0 Å². The predicted octanol–water partition coefficient (Wildman–Crippen LogP) is 2.45. The van der Waals surface area contributed by atoms with E-state index in [1.165, 1.54) is 30.5 Å². The minimum absolute atomic E-state index is 0.153. The van der Waals surface area contributed by atoms with Gasteiger partial charge in [0, 0.05) is 24.1 Å². The van der Waals surface area contributed by atoms with Crippen LogP contribution in [0.3, 0.4) is 0 Å². The second-order valence-electron chi connectivity index (χ2n) is 4.65. The lowest BCUT2D eigenvalue weighted by Crippen LogP contribution is -2.14. The molecule has 0 aliphatic carbocycles. The Bertz CT molecular complexity index is 680. The lowest BCUT2D eigenvalue weighted by molar-refractivity contribution is 0.601. The molecule has 1 aromatic carbocycles. The highest BCUT2D eigenvalue weighted by Crippen LogP contribution is 2.17. The molecule has 0 bridgehead atoms. The summed E-state index contributed by atoms with van der Waals surface area (Å²) in [5, 5.41) is 3.18. The zero-order valence-corrected chi connectivity index (χ0v) is 12.5. The van der Waals surface area contributed by atoms with Crippen molar-refractivity contribution in [3.05, 3.63) is 48.0 Å². The Morgan fingerprint density at radius 1 is 1.24 bits per heavy atom. The predicted molar refractivity (Wildman–Crippen MR) is 80.0 cm³/mol. The number of aromatic nitrogens is 1. The number of H-pyrrole nitrogens is 1. The van der Waals surface area contributed by atoms with Crippen LogP contribution in [0.25, 0.3) is 0 Å². The van der Waals surface area contributed by atoms with Gasteiger partial charge in [0.05, 0.1) is 0 Å². The van der Waals surface area contributed by atoms with Crippen LogP contribution in [0.1, 0.15) is 19.0 Å². The Morgan fingerprint density at radius 2 is 1.95 bits per heavy atom. The number of benzene rings is 1. The lowest BCUT2D eigenvalue weighted by atomic mass is 10.3. The fraction of sp³-hybridized carbons (Fsp3) is 0.286. The molecule has 0 atom stereocenters. The monoisotopic (exact) mass is 311 g/mol. The third kappa shape index (κ3) is 4.30. The van der Waals surface area contributed by atoms with Crippen LogP contribution in [0.4, 0.5) is 10.1 Å². The maximum absolute atomic E-state index is 12.8. The van der Waals surface area contributed by atoms with E-state index in [4.69, 9.17) is 0 Å².